The molecule has 1 N–H and O–H groups in total. The second-order valence-electron chi connectivity index (χ2n) is 2.56. The van der Waals surface area contributed by atoms with Crippen LogP contribution in [-0.4, -0.2) is 9.30 Å². The van der Waals surface area contributed by atoms with Gasteiger partial charge in [-0.2, -0.15) is 5.26 Å². The second-order valence-corrected chi connectivity index (χ2v) is 3.78. The van der Waals surface area contributed by atoms with Gasteiger partial charge in [0.05, 0.1) is 15.8 Å². The molecule has 0 amide bonds. The van der Waals surface area contributed by atoms with E-state index in [4.69, 9.17) is 17.5 Å². The lowest BCUT2D eigenvalue weighted by Gasteiger charge is -1.99. The lowest BCUT2D eigenvalue weighted by Crippen LogP contribution is -1.85. The fraction of sp³-hybridized carbons (Fsp3) is 0. The highest BCUT2D eigenvalue weighted by Crippen LogP contribution is 2.12. The first kappa shape index (κ1) is 10.8. The fourth-order valence-corrected chi connectivity index (χ4v) is 1.15. The van der Waals surface area contributed by atoms with Crippen LogP contribution in [0, 0.1) is 11.3 Å². The Morgan fingerprint density at radius 1 is 1.43 bits per heavy atom. The lowest BCUT2D eigenvalue weighted by atomic mass is 10.1. The summed E-state index contributed by atoms with van der Waals surface area (Å²) in [5.74, 6) is 0.0505. The van der Waals surface area contributed by atoms with Gasteiger partial charge in [-0.3, -0.25) is 0 Å². The van der Waals surface area contributed by atoms with Crippen molar-refractivity contribution in [1.29, 1.82) is 5.26 Å². The maximum Gasteiger partial charge on any atom is 0.124 e. The third kappa shape index (κ3) is 2.87. The van der Waals surface area contributed by atoms with Crippen molar-refractivity contribution < 1.29 is 5.11 Å². The van der Waals surface area contributed by atoms with Crippen molar-refractivity contribution in [2.75, 3.05) is 0 Å². The maximum atomic E-state index is 9.50. The molecular weight excluding hydrogens is 214 g/mol. The topological polar surface area (TPSA) is 44.0 Å². The van der Waals surface area contributed by atoms with Crippen LogP contribution in [0.2, 0.25) is 0 Å². The zero-order valence-electron chi connectivity index (χ0n) is 7.14. The molecule has 14 heavy (non-hydrogen) atoms. The summed E-state index contributed by atoms with van der Waals surface area (Å²) >= 11 is 8.56. The zero-order valence-corrected chi connectivity index (χ0v) is 8.85. The van der Waals surface area contributed by atoms with E-state index in [1.165, 1.54) is 6.08 Å². The minimum absolute atomic E-state index is 0.0505. The third-order valence-corrected chi connectivity index (χ3v) is 1.82. The van der Waals surface area contributed by atoms with Crippen LogP contribution in [0.4, 0.5) is 0 Å². The molecule has 0 aliphatic carbocycles. The number of aliphatic hydroxyl groups excluding tert-OH is 1. The molecule has 0 atom stereocenters. The molecule has 4 heteroatoms. The van der Waals surface area contributed by atoms with Crippen LogP contribution in [0.1, 0.15) is 11.1 Å². The van der Waals surface area contributed by atoms with E-state index < -0.39 is 0 Å². The number of aliphatic hydroxyl groups is 1. The van der Waals surface area contributed by atoms with E-state index in [1.807, 2.05) is 6.07 Å². The standard InChI is InChI=1S/C10H7NOS2/c11-6-7-1-3-8(4-2-7)9(12)5-10(13)14/h1-5,12H,(H,13,14)/b9-5-. The molecule has 0 aliphatic heterocycles. The SMILES string of the molecule is N#Cc1ccc(/C(O)=C/C(=S)S)cc1. The summed E-state index contributed by atoms with van der Waals surface area (Å²) in [6.45, 7) is 0. The van der Waals surface area contributed by atoms with Gasteiger partial charge in [0.15, 0.2) is 0 Å². The molecular formula is C10H7NOS2. The Bertz CT molecular complexity index is 415. The normalized spacial score (nSPS) is 10.7. The number of thiocarbonyl (C=S) groups is 1. The molecule has 0 aliphatic rings. The Labute approximate surface area is 92.9 Å². The van der Waals surface area contributed by atoms with E-state index in [1.54, 1.807) is 24.3 Å². The molecule has 1 aromatic carbocycles. The van der Waals surface area contributed by atoms with Crippen LogP contribution >= 0.6 is 24.8 Å². The third-order valence-electron chi connectivity index (χ3n) is 1.57. The molecule has 0 radical (unpaired) electrons. The van der Waals surface area contributed by atoms with Crippen molar-refractivity contribution in [3.8, 4) is 6.07 Å². The summed E-state index contributed by atoms with van der Waals surface area (Å²) in [4.78, 5) is 0. The second kappa shape index (κ2) is 4.80. The number of hydrogen-bond acceptors (Lipinski definition) is 3. The van der Waals surface area contributed by atoms with E-state index in [0.717, 1.165) is 0 Å². The molecule has 0 aromatic heterocycles. The molecule has 1 aromatic rings. The summed E-state index contributed by atoms with van der Waals surface area (Å²) in [5.41, 5.74) is 1.16. The number of hydrogen-bond donors (Lipinski definition) is 2. The summed E-state index contributed by atoms with van der Waals surface area (Å²) in [5, 5.41) is 18.0. The first-order valence-corrected chi connectivity index (χ1v) is 4.63. The van der Waals surface area contributed by atoms with Crippen molar-refractivity contribution >= 4 is 34.8 Å². The Balaban J connectivity index is 2.99. The van der Waals surface area contributed by atoms with Gasteiger partial charge in [-0.25, -0.2) is 0 Å². The average Bonchev–Trinajstić information content (AvgIpc) is 2.17. The Morgan fingerprint density at radius 2 is 2.00 bits per heavy atom. The smallest absolute Gasteiger partial charge is 0.124 e. The molecule has 70 valence electrons. The van der Waals surface area contributed by atoms with Crippen molar-refractivity contribution in [1.82, 2.24) is 0 Å². The number of thiol groups is 1. The van der Waals surface area contributed by atoms with Gasteiger partial charge in [0.1, 0.15) is 5.76 Å². The van der Waals surface area contributed by atoms with Gasteiger partial charge in [0, 0.05) is 11.6 Å². The van der Waals surface area contributed by atoms with Gasteiger partial charge < -0.3 is 5.11 Å². The largest absolute Gasteiger partial charge is 0.507 e. The number of nitriles is 1. The Hall–Kier alpha value is -1.31. The number of nitrogens with zero attached hydrogens (tertiary/aromatic N) is 1. The van der Waals surface area contributed by atoms with Gasteiger partial charge in [-0.1, -0.05) is 12.2 Å². The van der Waals surface area contributed by atoms with Crippen molar-refractivity contribution in [3.05, 3.63) is 41.5 Å². The highest BCUT2D eigenvalue weighted by molar-refractivity contribution is 8.11. The van der Waals surface area contributed by atoms with Crippen molar-refractivity contribution in [2.45, 2.75) is 0 Å². The monoisotopic (exact) mass is 221 g/mol. The quantitative estimate of drug-likeness (QED) is 0.349. The first-order chi connectivity index (χ1) is 6.63. The van der Waals surface area contributed by atoms with Crippen LogP contribution in [0.25, 0.3) is 5.76 Å². The average molecular weight is 221 g/mol. The highest BCUT2D eigenvalue weighted by Gasteiger charge is 1.98. The fourth-order valence-electron chi connectivity index (χ4n) is 0.916. The van der Waals surface area contributed by atoms with Crippen LogP contribution < -0.4 is 0 Å². The molecule has 1 rings (SSSR count). The number of rotatable bonds is 2. The van der Waals surface area contributed by atoms with Gasteiger partial charge in [-0.05, 0) is 24.3 Å². The molecule has 0 heterocycles. The summed E-state index contributed by atoms with van der Waals surface area (Å²) in [6.07, 6.45) is 1.37. The van der Waals surface area contributed by atoms with E-state index in [-0.39, 0.29) is 5.76 Å². The molecule has 0 spiro atoms. The van der Waals surface area contributed by atoms with Crippen LogP contribution in [0.15, 0.2) is 30.3 Å². The first-order valence-electron chi connectivity index (χ1n) is 3.77. The Kier molecular flexibility index (Phi) is 3.69. The highest BCUT2D eigenvalue weighted by atomic mass is 32.1. The van der Waals surface area contributed by atoms with E-state index in [9.17, 15) is 5.11 Å². The van der Waals surface area contributed by atoms with Gasteiger partial charge in [0.25, 0.3) is 0 Å². The minimum Gasteiger partial charge on any atom is -0.507 e. The molecule has 2 nitrogen and oxygen atoms in total. The van der Waals surface area contributed by atoms with Crippen LogP contribution in [0.5, 0.6) is 0 Å². The van der Waals surface area contributed by atoms with E-state index in [2.05, 4.69) is 12.6 Å². The van der Waals surface area contributed by atoms with E-state index >= 15 is 0 Å². The lowest BCUT2D eigenvalue weighted by molar-refractivity contribution is 0.512. The molecule has 0 bridgehead atoms. The van der Waals surface area contributed by atoms with Crippen LogP contribution in [-0.2, 0) is 0 Å². The zero-order chi connectivity index (χ0) is 10.6. The maximum absolute atomic E-state index is 9.50. The van der Waals surface area contributed by atoms with Gasteiger partial charge >= 0.3 is 0 Å². The van der Waals surface area contributed by atoms with E-state index in [0.29, 0.717) is 15.3 Å². The van der Waals surface area contributed by atoms with Crippen molar-refractivity contribution in [3.63, 3.8) is 0 Å². The summed E-state index contributed by atoms with van der Waals surface area (Å²) < 4.78 is 0.312. The summed E-state index contributed by atoms with van der Waals surface area (Å²) in [7, 11) is 0. The van der Waals surface area contributed by atoms with Crippen molar-refractivity contribution in [2.24, 2.45) is 0 Å². The molecule has 0 fully saturated rings. The Morgan fingerprint density at radius 3 is 2.43 bits per heavy atom. The predicted molar refractivity (Wildman–Crippen MR) is 63.3 cm³/mol. The number of benzene rings is 1. The predicted octanol–water partition coefficient (Wildman–Crippen LogP) is 2.71. The minimum atomic E-state index is 0.0505. The van der Waals surface area contributed by atoms with Gasteiger partial charge in [0.2, 0.25) is 0 Å². The molecule has 0 unspecified atom stereocenters. The van der Waals surface area contributed by atoms with Crippen LogP contribution in [0.3, 0.4) is 0 Å². The molecule has 0 saturated carbocycles. The molecule has 0 saturated heterocycles. The summed E-state index contributed by atoms with van der Waals surface area (Å²) in [6, 6.07) is 8.54. The van der Waals surface area contributed by atoms with Gasteiger partial charge in [-0.15, -0.1) is 12.6 Å².